The van der Waals surface area contributed by atoms with Gasteiger partial charge >= 0.3 is 0 Å². The Hall–Kier alpha value is -1.52. The average molecular weight is 570 g/mol. The smallest absolute Gasteiger partial charge is 0.191 e. The van der Waals surface area contributed by atoms with Crippen molar-refractivity contribution in [1.82, 2.24) is 15.5 Å². The molecule has 0 amide bonds. The number of nitrogens with one attached hydrogen (secondary N) is 2. The van der Waals surface area contributed by atoms with Crippen LogP contribution in [0.1, 0.15) is 24.1 Å². The zero-order valence-corrected chi connectivity index (χ0v) is 22.3. The maximum absolute atomic E-state index is 5.54. The Balaban J connectivity index is 0.00000289. The molecule has 2 aliphatic rings. The van der Waals surface area contributed by atoms with Crippen LogP contribution in [0.3, 0.4) is 0 Å². The quantitative estimate of drug-likeness (QED) is 0.300. The molecule has 4 rings (SSSR count). The van der Waals surface area contributed by atoms with Gasteiger partial charge in [0.2, 0.25) is 0 Å². The largest absolute Gasteiger partial charge is 0.495 e. The van der Waals surface area contributed by atoms with Crippen LogP contribution in [0.2, 0.25) is 0 Å². The molecule has 32 heavy (non-hydrogen) atoms. The number of hydrogen-bond donors (Lipinski definition) is 2. The van der Waals surface area contributed by atoms with Crippen LogP contribution in [0, 0.1) is 5.92 Å². The third-order valence-electron chi connectivity index (χ3n) is 6.30. The number of aliphatic imine (C=N–C) groups is 1. The lowest BCUT2D eigenvalue weighted by atomic mass is 9.98. The predicted octanol–water partition coefficient (Wildman–Crippen LogP) is 4.03. The molecule has 2 atom stereocenters. The standard InChI is InChI=1S/C24H35N5OS.HI/c1-25-24(26-15-19-7-5-12-28(16-19)18-21-8-6-14-31-21)27-20-11-13-29(17-20)22-9-3-4-10-23(22)30-2;/h3-4,6,8-10,14,19-20H,5,7,11-13,15-18H2,1-2H3,(H2,25,26,27);1H. The fourth-order valence-electron chi connectivity index (χ4n) is 4.70. The molecule has 2 aromatic rings. The second-order valence-corrected chi connectivity index (χ2v) is 9.56. The van der Waals surface area contributed by atoms with Gasteiger partial charge in [-0.3, -0.25) is 9.89 Å². The second kappa shape index (κ2) is 12.6. The molecule has 6 nitrogen and oxygen atoms in total. The molecule has 0 aliphatic carbocycles. The number of likely N-dealkylation sites (tertiary alicyclic amines) is 1. The highest BCUT2D eigenvalue weighted by atomic mass is 127. The molecule has 0 spiro atoms. The summed E-state index contributed by atoms with van der Waals surface area (Å²) in [5.74, 6) is 2.53. The summed E-state index contributed by atoms with van der Waals surface area (Å²) in [5, 5.41) is 9.40. The molecule has 2 unspecified atom stereocenters. The summed E-state index contributed by atoms with van der Waals surface area (Å²) in [5.41, 5.74) is 1.17. The van der Waals surface area contributed by atoms with E-state index in [1.165, 1.54) is 30.0 Å². The van der Waals surface area contributed by atoms with Gasteiger partial charge in [-0.15, -0.1) is 35.3 Å². The minimum Gasteiger partial charge on any atom is -0.495 e. The van der Waals surface area contributed by atoms with Gasteiger partial charge < -0.3 is 20.3 Å². The number of rotatable bonds is 7. The van der Waals surface area contributed by atoms with E-state index in [1.807, 2.05) is 30.5 Å². The first kappa shape index (κ1) is 25.1. The monoisotopic (exact) mass is 569 g/mol. The van der Waals surface area contributed by atoms with Crippen LogP contribution in [-0.4, -0.2) is 63.8 Å². The molecule has 3 heterocycles. The SMILES string of the molecule is CN=C(NCC1CCCN(Cc2cccs2)C1)NC1CCN(c2ccccc2OC)C1.I. The van der Waals surface area contributed by atoms with Crippen molar-refractivity contribution in [2.75, 3.05) is 51.8 Å². The molecular formula is C24H36IN5OS. The summed E-state index contributed by atoms with van der Waals surface area (Å²) >= 11 is 1.86. The van der Waals surface area contributed by atoms with Crippen molar-refractivity contribution in [1.29, 1.82) is 0 Å². The summed E-state index contributed by atoms with van der Waals surface area (Å²) in [7, 11) is 3.61. The summed E-state index contributed by atoms with van der Waals surface area (Å²) < 4.78 is 5.54. The topological polar surface area (TPSA) is 52.1 Å². The summed E-state index contributed by atoms with van der Waals surface area (Å²) in [6.07, 6.45) is 3.66. The lowest BCUT2D eigenvalue weighted by Crippen LogP contribution is -2.47. The first-order valence-electron chi connectivity index (χ1n) is 11.3. The number of thiophene rings is 1. The number of halogens is 1. The van der Waals surface area contributed by atoms with Crippen LogP contribution in [0.15, 0.2) is 46.8 Å². The fraction of sp³-hybridized carbons (Fsp3) is 0.542. The van der Waals surface area contributed by atoms with E-state index >= 15 is 0 Å². The molecule has 0 radical (unpaired) electrons. The van der Waals surface area contributed by atoms with Crippen LogP contribution in [-0.2, 0) is 6.54 Å². The van der Waals surface area contributed by atoms with Crippen LogP contribution >= 0.6 is 35.3 Å². The maximum Gasteiger partial charge on any atom is 0.191 e. The van der Waals surface area contributed by atoms with E-state index < -0.39 is 0 Å². The Morgan fingerprint density at radius 1 is 1.16 bits per heavy atom. The van der Waals surface area contributed by atoms with Crippen LogP contribution in [0.5, 0.6) is 5.75 Å². The summed E-state index contributed by atoms with van der Waals surface area (Å²) in [6.45, 7) is 6.41. The van der Waals surface area contributed by atoms with E-state index in [4.69, 9.17) is 4.74 Å². The van der Waals surface area contributed by atoms with Gasteiger partial charge in [0.15, 0.2) is 5.96 Å². The van der Waals surface area contributed by atoms with Gasteiger partial charge in [-0.05, 0) is 55.3 Å². The van der Waals surface area contributed by atoms with Crippen LogP contribution < -0.4 is 20.3 Å². The second-order valence-electron chi connectivity index (χ2n) is 8.52. The van der Waals surface area contributed by atoms with Gasteiger partial charge in [0.1, 0.15) is 5.75 Å². The lowest BCUT2D eigenvalue weighted by Gasteiger charge is -2.33. The Morgan fingerprint density at radius 2 is 2.03 bits per heavy atom. The van der Waals surface area contributed by atoms with Crippen molar-refractivity contribution in [3.8, 4) is 5.75 Å². The molecule has 0 bridgehead atoms. The zero-order valence-electron chi connectivity index (χ0n) is 19.1. The molecule has 2 saturated heterocycles. The number of benzene rings is 1. The molecule has 2 N–H and O–H groups in total. The molecule has 1 aromatic carbocycles. The Bertz CT molecular complexity index is 847. The first-order chi connectivity index (χ1) is 15.2. The Morgan fingerprint density at radius 3 is 2.81 bits per heavy atom. The minimum atomic E-state index is 0. The van der Waals surface area contributed by atoms with Crippen molar-refractivity contribution >= 4 is 47.0 Å². The molecule has 1 aromatic heterocycles. The highest BCUT2D eigenvalue weighted by Crippen LogP contribution is 2.30. The molecule has 8 heteroatoms. The van der Waals surface area contributed by atoms with Gasteiger partial charge in [0.25, 0.3) is 0 Å². The highest BCUT2D eigenvalue weighted by Gasteiger charge is 2.26. The van der Waals surface area contributed by atoms with E-state index in [-0.39, 0.29) is 24.0 Å². The van der Waals surface area contributed by atoms with E-state index in [9.17, 15) is 0 Å². The van der Waals surface area contributed by atoms with Crippen LogP contribution in [0.4, 0.5) is 5.69 Å². The number of piperidine rings is 1. The average Bonchev–Trinajstić information content (AvgIpc) is 3.49. The van der Waals surface area contributed by atoms with Crippen molar-refractivity contribution in [3.05, 3.63) is 46.7 Å². The molecule has 176 valence electrons. The highest BCUT2D eigenvalue weighted by molar-refractivity contribution is 14.0. The third-order valence-corrected chi connectivity index (χ3v) is 7.16. The zero-order chi connectivity index (χ0) is 21.5. The molecular weight excluding hydrogens is 533 g/mol. The van der Waals surface area contributed by atoms with Crippen LogP contribution in [0.25, 0.3) is 0 Å². The maximum atomic E-state index is 5.54. The number of hydrogen-bond acceptors (Lipinski definition) is 5. The number of nitrogens with zero attached hydrogens (tertiary/aromatic N) is 3. The summed E-state index contributed by atoms with van der Waals surface area (Å²) in [6, 6.07) is 13.0. The lowest BCUT2D eigenvalue weighted by molar-refractivity contribution is 0.169. The van der Waals surface area contributed by atoms with E-state index in [0.29, 0.717) is 12.0 Å². The van der Waals surface area contributed by atoms with E-state index in [0.717, 1.165) is 50.9 Å². The van der Waals surface area contributed by atoms with Gasteiger partial charge in [-0.1, -0.05) is 18.2 Å². The van der Waals surface area contributed by atoms with Crippen molar-refractivity contribution in [2.24, 2.45) is 10.9 Å². The van der Waals surface area contributed by atoms with Gasteiger partial charge in [0, 0.05) is 50.7 Å². The number of ether oxygens (including phenoxy) is 1. The van der Waals surface area contributed by atoms with Gasteiger partial charge in [-0.2, -0.15) is 0 Å². The van der Waals surface area contributed by atoms with Gasteiger partial charge in [0.05, 0.1) is 12.8 Å². The number of methoxy groups -OCH3 is 1. The minimum absolute atomic E-state index is 0. The molecule has 0 saturated carbocycles. The third kappa shape index (κ3) is 6.74. The van der Waals surface area contributed by atoms with E-state index in [1.54, 1.807) is 7.11 Å². The van der Waals surface area contributed by atoms with Crippen molar-refractivity contribution in [3.63, 3.8) is 0 Å². The fourth-order valence-corrected chi connectivity index (χ4v) is 5.45. The Labute approximate surface area is 213 Å². The van der Waals surface area contributed by atoms with Crippen molar-refractivity contribution < 1.29 is 4.74 Å². The van der Waals surface area contributed by atoms with Gasteiger partial charge in [-0.25, -0.2) is 0 Å². The number of para-hydroxylation sites is 2. The number of anilines is 1. The van der Waals surface area contributed by atoms with E-state index in [2.05, 4.69) is 55.1 Å². The first-order valence-corrected chi connectivity index (χ1v) is 12.2. The molecule has 2 fully saturated rings. The molecule has 2 aliphatic heterocycles. The predicted molar refractivity (Wildman–Crippen MR) is 146 cm³/mol. The normalized spacial score (nSPS) is 21.8. The summed E-state index contributed by atoms with van der Waals surface area (Å²) in [4.78, 5) is 10.9. The Kier molecular flexibility index (Phi) is 9.92. The number of guanidine groups is 1. The van der Waals surface area contributed by atoms with Crippen molar-refractivity contribution in [2.45, 2.75) is 31.8 Å².